The molecular weight excluding hydrogens is 377 g/mol. The van der Waals surface area contributed by atoms with Crippen molar-refractivity contribution in [1.29, 1.82) is 0 Å². The van der Waals surface area contributed by atoms with Crippen LogP contribution < -0.4 is 15.8 Å². The van der Waals surface area contributed by atoms with Gasteiger partial charge in [0, 0.05) is 12.1 Å². The van der Waals surface area contributed by atoms with Crippen molar-refractivity contribution >= 4 is 24.7 Å². The van der Waals surface area contributed by atoms with Crippen LogP contribution in [0.3, 0.4) is 0 Å². The molecular formula is C15H16N5O6P. The van der Waals surface area contributed by atoms with Gasteiger partial charge in [-0.2, -0.15) is 4.98 Å². The van der Waals surface area contributed by atoms with Gasteiger partial charge in [-0.25, -0.2) is 9.55 Å². The van der Waals surface area contributed by atoms with E-state index in [0.29, 0.717) is 23.5 Å². The minimum absolute atomic E-state index is 0.00619. The first-order chi connectivity index (χ1) is 12.9. The molecule has 0 saturated heterocycles. The molecule has 0 fully saturated rings. The minimum Gasteiger partial charge on any atom is -0.508 e. The molecule has 0 radical (unpaired) electrons. The van der Waals surface area contributed by atoms with Crippen LogP contribution >= 0.6 is 7.60 Å². The highest BCUT2D eigenvalue weighted by Gasteiger charge is 2.32. The molecule has 27 heavy (non-hydrogen) atoms. The third kappa shape index (κ3) is 3.52. The summed E-state index contributed by atoms with van der Waals surface area (Å²) in [6, 6.07) is 4.47. The lowest BCUT2D eigenvalue weighted by Gasteiger charge is -2.25. The highest BCUT2D eigenvalue weighted by atomic mass is 31.2. The molecule has 0 spiro atoms. The van der Waals surface area contributed by atoms with E-state index in [1.165, 1.54) is 24.5 Å². The number of aromatic hydroxyl groups is 1. The summed E-state index contributed by atoms with van der Waals surface area (Å²) in [7, 11) is -3.45. The lowest BCUT2D eigenvalue weighted by molar-refractivity contribution is 0.132. The number of hydrogen-bond acceptors (Lipinski definition) is 9. The average Bonchev–Trinajstić information content (AvgIpc) is 3.02. The molecule has 4 rings (SSSR count). The Bertz CT molecular complexity index is 1110. The summed E-state index contributed by atoms with van der Waals surface area (Å²) in [5.74, 6) is 0.466. The highest BCUT2D eigenvalue weighted by Crippen LogP contribution is 2.53. The molecule has 0 saturated carbocycles. The van der Waals surface area contributed by atoms with Crippen molar-refractivity contribution in [1.82, 2.24) is 19.5 Å². The first kappa shape index (κ1) is 17.5. The Kier molecular flexibility index (Phi) is 4.34. The maximum atomic E-state index is 12.6. The number of ether oxygens (including phenoxy) is 1. The normalized spacial score (nSPS) is 19.0. The van der Waals surface area contributed by atoms with Gasteiger partial charge in [-0.3, -0.25) is 14.3 Å². The summed E-state index contributed by atoms with van der Waals surface area (Å²) < 4.78 is 30.4. The molecule has 3 heterocycles. The number of hydrogen-bond donors (Lipinski definition) is 3. The molecule has 0 aliphatic carbocycles. The zero-order chi connectivity index (χ0) is 19.0. The van der Waals surface area contributed by atoms with Gasteiger partial charge in [-0.15, -0.1) is 0 Å². The Balaban J connectivity index is 1.37. The molecule has 0 amide bonds. The van der Waals surface area contributed by atoms with Crippen LogP contribution in [-0.2, 0) is 27.0 Å². The number of fused-ring (bicyclic) bond motifs is 2. The molecule has 12 heteroatoms. The van der Waals surface area contributed by atoms with Crippen molar-refractivity contribution in [2.75, 3.05) is 18.7 Å². The van der Waals surface area contributed by atoms with Crippen LogP contribution in [0.2, 0.25) is 0 Å². The number of rotatable bonds is 5. The predicted octanol–water partition coefficient (Wildman–Crippen LogP) is 1.18. The maximum Gasteiger partial charge on any atom is 0.405 e. The van der Waals surface area contributed by atoms with Gasteiger partial charge >= 0.3 is 7.60 Å². The van der Waals surface area contributed by atoms with Crippen LogP contribution in [0.15, 0.2) is 29.3 Å². The zero-order valence-corrected chi connectivity index (χ0v) is 14.9. The number of nitrogens with one attached hydrogen (secondary N) is 1. The van der Waals surface area contributed by atoms with Crippen LogP contribution in [0.25, 0.3) is 11.2 Å². The molecule has 1 aliphatic heterocycles. The van der Waals surface area contributed by atoms with Gasteiger partial charge in [0.25, 0.3) is 5.56 Å². The number of benzene rings is 1. The Morgan fingerprint density at radius 3 is 3.15 bits per heavy atom. The summed E-state index contributed by atoms with van der Waals surface area (Å²) in [4.78, 5) is 22.2. The molecule has 11 nitrogen and oxygen atoms in total. The van der Waals surface area contributed by atoms with Gasteiger partial charge in [0.15, 0.2) is 17.5 Å². The van der Waals surface area contributed by atoms with Crippen LogP contribution in [0.4, 0.5) is 5.95 Å². The number of nitrogens with zero attached hydrogens (tertiary/aromatic N) is 3. The van der Waals surface area contributed by atoms with Crippen molar-refractivity contribution in [2.45, 2.75) is 13.2 Å². The van der Waals surface area contributed by atoms with E-state index in [-0.39, 0.29) is 36.8 Å². The molecule has 2 aromatic heterocycles. The van der Waals surface area contributed by atoms with Gasteiger partial charge < -0.3 is 24.7 Å². The number of nitrogens with two attached hydrogens (primary N) is 1. The minimum atomic E-state index is -3.45. The van der Waals surface area contributed by atoms with Gasteiger partial charge in [0.1, 0.15) is 11.5 Å². The fraction of sp³-hybridized carbons (Fsp3) is 0.267. The number of phenolic OH excluding ortho intramolecular Hbond substituents is 1. The van der Waals surface area contributed by atoms with Crippen molar-refractivity contribution in [3.8, 4) is 11.5 Å². The molecule has 142 valence electrons. The topological polar surface area (TPSA) is 155 Å². The quantitative estimate of drug-likeness (QED) is 0.428. The van der Waals surface area contributed by atoms with E-state index in [0.717, 1.165) is 0 Å². The number of H-pyrrole nitrogens is 1. The number of phenols is 1. The summed E-state index contributed by atoms with van der Waals surface area (Å²) in [6.07, 6.45) is 1.21. The first-order valence-corrected chi connectivity index (χ1v) is 9.70. The van der Waals surface area contributed by atoms with Crippen LogP contribution in [0, 0.1) is 0 Å². The standard InChI is InChI=1S/C15H16N5O6P/c16-15-18-13-12(14(22)19-15)17-7-20(13)3-4-24-8-27(23)25-6-9-5-10(21)1-2-11(9)26-27/h1-2,5,7,21H,3-4,6,8H2,(H3,16,18,19,22). The van der Waals surface area contributed by atoms with Gasteiger partial charge in [-0.1, -0.05) is 0 Å². The fourth-order valence-electron chi connectivity index (χ4n) is 2.65. The summed E-state index contributed by atoms with van der Waals surface area (Å²) in [5.41, 5.74) is 6.25. The van der Waals surface area contributed by atoms with E-state index in [1.807, 2.05) is 0 Å². The van der Waals surface area contributed by atoms with Gasteiger partial charge in [0.2, 0.25) is 5.95 Å². The second-order valence-electron chi connectivity index (χ2n) is 5.87. The second kappa shape index (κ2) is 6.69. The SMILES string of the molecule is Nc1nc2c(ncn2CCOCP2(=O)OCc3cc(O)ccc3O2)c(=O)[nH]1. The molecule has 1 aliphatic rings. The average molecular weight is 393 g/mol. The van der Waals surface area contributed by atoms with Crippen molar-refractivity contribution in [2.24, 2.45) is 0 Å². The van der Waals surface area contributed by atoms with E-state index in [1.54, 1.807) is 4.57 Å². The molecule has 3 aromatic rings. The maximum absolute atomic E-state index is 12.6. The number of aromatic amines is 1. The second-order valence-corrected chi connectivity index (χ2v) is 7.79. The number of anilines is 1. The van der Waals surface area contributed by atoms with E-state index >= 15 is 0 Å². The first-order valence-electron chi connectivity index (χ1n) is 7.97. The molecule has 1 atom stereocenters. The lowest BCUT2D eigenvalue weighted by Crippen LogP contribution is -2.14. The van der Waals surface area contributed by atoms with Crippen LogP contribution in [0.1, 0.15) is 5.56 Å². The number of aromatic nitrogens is 4. The van der Waals surface area contributed by atoms with Crippen molar-refractivity contribution in [3.63, 3.8) is 0 Å². The Labute approximate surface area is 152 Å². The molecule has 4 N–H and O–H groups in total. The molecule has 1 aromatic carbocycles. The number of nitrogen functional groups attached to an aromatic ring is 1. The Hall–Kier alpha value is -2.88. The summed E-state index contributed by atoms with van der Waals surface area (Å²) in [6.45, 7) is 0.540. The largest absolute Gasteiger partial charge is 0.508 e. The number of imidazole rings is 1. The molecule has 1 unspecified atom stereocenters. The van der Waals surface area contributed by atoms with E-state index in [9.17, 15) is 14.5 Å². The molecule has 0 bridgehead atoms. The smallest absolute Gasteiger partial charge is 0.405 e. The predicted molar refractivity (Wildman–Crippen MR) is 94.5 cm³/mol. The lowest BCUT2D eigenvalue weighted by atomic mass is 10.2. The Morgan fingerprint density at radius 2 is 2.30 bits per heavy atom. The summed E-state index contributed by atoms with van der Waals surface area (Å²) in [5, 5.41) is 9.44. The van der Waals surface area contributed by atoms with Crippen LogP contribution in [-0.4, -0.2) is 37.6 Å². The van der Waals surface area contributed by atoms with Crippen LogP contribution in [0.5, 0.6) is 11.5 Å². The monoisotopic (exact) mass is 393 g/mol. The third-order valence-electron chi connectivity index (χ3n) is 3.92. The van der Waals surface area contributed by atoms with Gasteiger partial charge in [0.05, 0.1) is 19.5 Å². The Morgan fingerprint density at radius 1 is 1.44 bits per heavy atom. The zero-order valence-electron chi connectivity index (χ0n) is 14.0. The van der Waals surface area contributed by atoms with Gasteiger partial charge in [-0.05, 0) is 18.2 Å². The van der Waals surface area contributed by atoms with Crippen molar-refractivity contribution in [3.05, 3.63) is 40.4 Å². The van der Waals surface area contributed by atoms with Crippen molar-refractivity contribution < 1.29 is 23.5 Å². The third-order valence-corrected chi connectivity index (χ3v) is 5.41. The summed E-state index contributed by atoms with van der Waals surface area (Å²) >= 11 is 0. The van der Waals surface area contributed by atoms with E-state index < -0.39 is 13.2 Å². The fourth-order valence-corrected chi connectivity index (χ4v) is 4.00. The van der Waals surface area contributed by atoms with E-state index in [2.05, 4.69) is 15.0 Å². The highest BCUT2D eigenvalue weighted by molar-refractivity contribution is 7.54. The van der Waals surface area contributed by atoms with E-state index in [4.69, 9.17) is 19.5 Å².